The second-order valence-corrected chi connectivity index (χ2v) is 10.4. The van der Waals surface area contributed by atoms with Crippen molar-refractivity contribution >= 4 is 28.3 Å². The number of hydrogen-bond donors (Lipinski definition) is 2. The number of benzene rings is 1. The van der Waals surface area contributed by atoms with Gasteiger partial charge in [-0.25, -0.2) is 20.2 Å². The van der Waals surface area contributed by atoms with Crippen molar-refractivity contribution in [1.29, 1.82) is 0 Å². The van der Waals surface area contributed by atoms with Gasteiger partial charge < -0.3 is 15.6 Å². The molecule has 9 heteroatoms. The van der Waals surface area contributed by atoms with Crippen LogP contribution in [0.25, 0.3) is 22.2 Å². The molecule has 0 aliphatic carbocycles. The maximum atomic E-state index is 16.2. The summed E-state index contributed by atoms with van der Waals surface area (Å²) in [6.07, 6.45) is 8.36. The van der Waals surface area contributed by atoms with Crippen LogP contribution < -0.4 is 16.5 Å². The van der Waals surface area contributed by atoms with Gasteiger partial charge >= 0.3 is 0 Å². The number of anilines is 1. The van der Waals surface area contributed by atoms with Gasteiger partial charge in [-0.2, -0.15) is 0 Å². The quantitative estimate of drug-likeness (QED) is 0.451. The number of fused-ring (bicyclic) bond motifs is 6. The van der Waals surface area contributed by atoms with E-state index in [9.17, 15) is 0 Å². The Morgan fingerprint density at radius 3 is 2.83 bits per heavy atom. The Morgan fingerprint density at radius 1 is 1.19 bits per heavy atom. The molecular weight excluding hydrogens is 477 g/mol. The molecule has 2 aromatic heterocycles. The minimum Gasteiger partial charge on any atom is -0.401 e. The van der Waals surface area contributed by atoms with Crippen LogP contribution in [-0.4, -0.2) is 39.6 Å². The van der Waals surface area contributed by atoms with Crippen LogP contribution in [0.15, 0.2) is 30.2 Å². The smallest absolute Gasteiger partial charge is 0.175 e. The van der Waals surface area contributed by atoms with E-state index in [4.69, 9.17) is 28.2 Å². The summed E-state index contributed by atoms with van der Waals surface area (Å²) >= 11 is 6.68. The maximum Gasteiger partial charge on any atom is 0.175 e. The monoisotopic (exact) mass is 509 g/mol. The third-order valence-corrected chi connectivity index (χ3v) is 7.48. The zero-order chi connectivity index (χ0) is 25.4. The molecule has 1 aromatic carbocycles. The fraction of sp³-hybridized carbons (Fsp3) is 0.444. The molecule has 0 spiro atoms. The van der Waals surface area contributed by atoms with Crippen molar-refractivity contribution in [3.63, 3.8) is 0 Å². The SMILES string of the molecule is CCc1nc2c3cnc(c(F)c3n1)-c1cc(C)cc(Cl)c1CCCN(N)/C=C(\N)CC1CCCN2C1. The second kappa shape index (κ2) is 10.2. The van der Waals surface area contributed by atoms with E-state index in [0.717, 1.165) is 61.4 Å². The van der Waals surface area contributed by atoms with Gasteiger partial charge in [0.05, 0.1) is 5.39 Å². The molecule has 0 saturated carbocycles. The van der Waals surface area contributed by atoms with Crippen LogP contribution in [0, 0.1) is 18.7 Å². The van der Waals surface area contributed by atoms with Gasteiger partial charge in [-0.1, -0.05) is 18.5 Å². The first-order valence-electron chi connectivity index (χ1n) is 12.7. The number of nitrogens with two attached hydrogens (primary N) is 2. The number of piperidine rings is 1. The van der Waals surface area contributed by atoms with Gasteiger partial charge in [-0.3, -0.25) is 4.98 Å². The number of allylic oxidation sites excluding steroid dienone is 1. The van der Waals surface area contributed by atoms with Gasteiger partial charge in [0.15, 0.2) is 5.82 Å². The van der Waals surface area contributed by atoms with Crippen LogP contribution in [0.3, 0.4) is 0 Å². The van der Waals surface area contributed by atoms with Gasteiger partial charge in [0.1, 0.15) is 22.9 Å². The molecule has 1 unspecified atom stereocenters. The normalized spacial score (nSPS) is 20.4. The molecule has 3 aliphatic rings. The molecule has 5 heterocycles. The number of hydrogen-bond acceptors (Lipinski definition) is 7. The summed E-state index contributed by atoms with van der Waals surface area (Å²) in [7, 11) is 0. The first-order chi connectivity index (χ1) is 17.3. The largest absolute Gasteiger partial charge is 0.401 e. The Labute approximate surface area is 216 Å². The molecule has 190 valence electrons. The average Bonchev–Trinajstić information content (AvgIpc) is 2.84. The van der Waals surface area contributed by atoms with Crippen molar-refractivity contribution in [1.82, 2.24) is 20.0 Å². The van der Waals surface area contributed by atoms with Crippen molar-refractivity contribution < 1.29 is 4.39 Å². The molecule has 0 amide bonds. The topological polar surface area (TPSA) is 97.2 Å². The molecule has 6 bridgehead atoms. The summed E-state index contributed by atoms with van der Waals surface area (Å²) in [6, 6.07) is 3.85. The third kappa shape index (κ3) is 4.84. The Hall–Kier alpha value is -2.97. The van der Waals surface area contributed by atoms with Gasteiger partial charge in [0, 0.05) is 54.7 Å². The first-order valence-corrected chi connectivity index (χ1v) is 13.1. The van der Waals surface area contributed by atoms with E-state index in [1.165, 1.54) is 0 Å². The van der Waals surface area contributed by atoms with Crippen molar-refractivity contribution in [2.75, 3.05) is 24.5 Å². The first kappa shape index (κ1) is 24.7. The number of rotatable bonds is 1. The van der Waals surface area contributed by atoms with Gasteiger partial charge in [-0.15, -0.1) is 0 Å². The highest BCUT2D eigenvalue weighted by Crippen LogP contribution is 2.37. The molecule has 1 fully saturated rings. The molecule has 1 atom stereocenters. The van der Waals surface area contributed by atoms with Crippen LogP contribution in [0.1, 0.15) is 49.6 Å². The van der Waals surface area contributed by atoms with E-state index in [0.29, 0.717) is 52.6 Å². The van der Waals surface area contributed by atoms with E-state index in [1.807, 2.05) is 32.2 Å². The standard InChI is InChI=1S/C27H33ClFN7/c1-3-23-33-26-21-13-32-25(24(26)29)20-10-16(2)11-22(28)19(20)7-5-9-36(31)15-18(30)12-17-6-4-8-35(14-17)27(21)34-23/h10-11,13,15,17H,3-9,12,14,30-31H2,1-2H3/b18-15-. The van der Waals surface area contributed by atoms with Gasteiger partial charge in [0.2, 0.25) is 0 Å². The number of hydrazine groups is 1. The van der Waals surface area contributed by atoms with E-state index in [2.05, 4.69) is 14.9 Å². The van der Waals surface area contributed by atoms with Gasteiger partial charge in [0.25, 0.3) is 0 Å². The fourth-order valence-electron chi connectivity index (χ4n) is 5.44. The molecule has 7 nitrogen and oxygen atoms in total. The van der Waals surface area contributed by atoms with E-state index < -0.39 is 5.82 Å². The lowest BCUT2D eigenvalue weighted by Crippen LogP contribution is -2.37. The predicted molar refractivity (Wildman–Crippen MR) is 143 cm³/mol. The van der Waals surface area contributed by atoms with Crippen LogP contribution in [0.4, 0.5) is 10.2 Å². The van der Waals surface area contributed by atoms with Crippen LogP contribution in [0.2, 0.25) is 5.02 Å². The van der Waals surface area contributed by atoms with E-state index in [-0.39, 0.29) is 5.69 Å². The van der Waals surface area contributed by atoms with Crippen molar-refractivity contribution in [3.05, 3.63) is 58.0 Å². The lowest BCUT2D eigenvalue weighted by atomic mass is 9.93. The number of aryl methyl sites for hydroxylation is 2. The highest BCUT2D eigenvalue weighted by atomic mass is 35.5. The number of pyridine rings is 1. The van der Waals surface area contributed by atoms with Crippen molar-refractivity contribution in [3.8, 4) is 11.3 Å². The number of nitrogens with zero attached hydrogens (tertiary/aromatic N) is 5. The molecule has 36 heavy (non-hydrogen) atoms. The predicted octanol–water partition coefficient (Wildman–Crippen LogP) is 4.88. The van der Waals surface area contributed by atoms with Crippen LogP contribution in [0.5, 0.6) is 0 Å². The van der Waals surface area contributed by atoms with E-state index in [1.54, 1.807) is 11.2 Å². The highest BCUT2D eigenvalue weighted by Gasteiger charge is 2.26. The summed E-state index contributed by atoms with van der Waals surface area (Å²) < 4.78 is 16.2. The van der Waals surface area contributed by atoms with Crippen LogP contribution in [-0.2, 0) is 12.8 Å². The second-order valence-electron chi connectivity index (χ2n) is 9.98. The van der Waals surface area contributed by atoms with E-state index >= 15 is 4.39 Å². The molecule has 4 N–H and O–H groups in total. The molecule has 3 aromatic rings. The molecule has 3 aliphatic heterocycles. The molecule has 0 radical (unpaired) electrons. The Bertz CT molecular complexity index is 1330. The summed E-state index contributed by atoms with van der Waals surface area (Å²) in [5.41, 5.74) is 10.2. The summed E-state index contributed by atoms with van der Waals surface area (Å²) in [4.78, 5) is 16.3. The van der Waals surface area contributed by atoms with Crippen LogP contribution >= 0.6 is 11.6 Å². The minimum atomic E-state index is -0.432. The number of halogens is 2. The lowest BCUT2D eigenvalue weighted by Gasteiger charge is -2.34. The van der Waals surface area contributed by atoms with Crippen molar-refractivity contribution in [2.45, 2.75) is 52.4 Å². The molecule has 1 saturated heterocycles. The Kier molecular flexibility index (Phi) is 6.99. The summed E-state index contributed by atoms with van der Waals surface area (Å²) in [5, 5.41) is 2.87. The Morgan fingerprint density at radius 2 is 2.03 bits per heavy atom. The minimum absolute atomic E-state index is 0.268. The van der Waals surface area contributed by atoms with Crippen molar-refractivity contribution in [2.24, 2.45) is 17.5 Å². The summed E-state index contributed by atoms with van der Waals surface area (Å²) in [5.74, 6) is 7.54. The summed E-state index contributed by atoms with van der Waals surface area (Å²) in [6.45, 7) is 6.17. The Balaban J connectivity index is 1.73. The molecule has 6 rings (SSSR count). The lowest BCUT2D eigenvalue weighted by molar-refractivity contribution is 0.371. The fourth-order valence-corrected chi connectivity index (χ4v) is 5.81. The zero-order valence-corrected chi connectivity index (χ0v) is 21.7. The highest BCUT2D eigenvalue weighted by molar-refractivity contribution is 6.31. The van der Waals surface area contributed by atoms with Gasteiger partial charge in [-0.05, 0) is 68.2 Å². The maximum absolute atomic E-state index is 16.2. The third-order valence-electron chi connectivity index (χ3n) is 7.14. The average molecular weight is 510 g/mol. The molecular formula is C27H33ClFN7. The number of aromatic nitrogens is 3. The zero-order valence-electron chi connectivity index (χ0n) is 20.9.